The molecular weight excluding hydrogens is 452 g/mol. The molecule has 0 saturated heterocycles. The zero-order valence-corrected chi connectivity index (χ0v) is 19.8. The third-order valence-electron chi connectivity index (χ3n) is 5.22. The van der Waals surface area contributed by atoms with Gasteiger partial charge in [0.05, 0.1) is 11.4 Å². The second-order valence-corrected chi connectivity index (χ2v) is 8.32. The summed E-state index contributed by atoms with van der Waals surface area (Å²) in [5, 5.41) is 11.8. The number of carbonyl (C=O) groups excluding carboxylic acids is 2. The summed E-state index contributed by atoms with van der Waals surface area (Å²) in [6, 6.07) is 13.3. The molecule has 172 valence electrons. The zero-order valence-electron chi connectivity index (χ0n) is 18.9. The molecule has 0 aliphatic heterocycles. The molecule has 0 fully saturated rings. The van der Waals surface area contributed by atoms with Gasteiger partial charge < -0.3 is 9.15 Å². The van der Waals surface area contributed by atoms with Crippen molar-refractivity contribution < 1.29 is 18.7 Å². The summed E-state index contributed by atoms with van der Waals surface area (Å²) in [5.74, 6) is -0.293. The van der Waals surface area contributed by atoms with Gasteiger partial charge in [0, 0.05) is 24.7 Å². The molecule has 1 amide bonds. The Kier molecular flexibility index (Phi) is 6.61. The van der Waals surface area contributed by atoms with E-state index in [9.17, 15) is 14.9 Å². The normalized spacial score (nSPS) is 10.6. The number of anilines is 2. The molecular formula is C25H22N4O4S. The van der Waals surface area contributed by atoms with E-state index < -0.39 is 5.97 Å². The predicted molar refractivity (Wildman–Crippen MR) is 127 cm³/mol. The van der Waals surface area contributed by atoms with Gasteiger partial charge in [-0.3, -0.25) is 14.3 Å². The van der Waals surface area contributed by atoms with Crippen molar-refractivity contribution in [3.8, 4) is 12.0 Å². The monoisotopic (exact) mass is 474 g/mol. The fourth-order valence-corrected chi connectivity index (χ4v) is 4.39. The van der Waals surface area contributed by atoms with Crippen LogP contribution in [0.25, 0.3) is 5.88 Å². The number of aromatic nitrogens is 2. The van der Waals surface area contributed by atoms with E-state index in [2.05, 4.69) is 11.9 Å². The van der Waals surface area contributed by atoms with Crippen molar-refractivity contribution in [3.05, 3.63) is 82.3 Å². The first-order valence-electron chi connectivity index (χ1n) is 10.6. The SMILES string of the molecule is CCc1ccc(N(C(C)=O)c2nc(COC(=O)c3c(C)oc(-n4cccc4)c3C#N)cs2)cc1. The van der Waals surface area contributed by atoms with Crippen LogP contribution in [0.1, 0.15) is 46.8 Å². The van der Waals surface area contributed by atoms with Crippen LogP contribution >= 0.6 is 11.3 Å². The maximum atomic E-state index is 12.8. The van der Waals surface area contributed by atoms with Crippen LogP contribution in [0.2, 0.25) is 0 Å². The molecule has 0 spiro atoms. The number of amides is 1. The van der Waals surface area contributed by atoms with Gasteiger partial charge in [-0.2, -0.15) is 5.26 Å². The summed E-state index contributed by atoms with van der Waals surface area (Å²) < 4.78 is 12.7. The van der Waals surface area contributed by atoms with Crippen LogP contribution in [0, 0.1) is 18.3 Å². The van der Waals surface area contributed by atoms with E-state index in [1.807, 2.05) is 30.3 Å². The number of hydrogen-bond donors (Lipinski definition) is 0. The first-order valence-corrected chi connectivity index (χ1v) is 11.5. The molecule has 0 saturated carbocycles. The van der Waals surface area contributed by atoms with E-state index in [1.165, 1.54) is 28.7 Å². The number of carbonyl (C=O) groups is 2. The van der Waals surface area contributed by atoms with Crippen molar-refractivity contribution in [2.24, 2.45) is 0 Å². The lowest BCUT2D eigenvalue weighted by Crippen LogP contribution is -2.22. The minimum atomic E-state index is -0.677. The Bertz CT molecular complexity index is 1360. The average Bonchev–Trinajstić information content (AvgIpc) is 3.58. The second-order valence-electron chi connectivity index (χ2n) is 7.49. The predicted octanol–water partition coefficient (Wildman–Crippen LogP) is 5.31. The van der Waals surface area contributed by atoms with Crippen LogP contribution in [-0.2, 0) is 22.6 Å². The molecule has 0 radical (unpaired) electrons. The molecule has 0 aliphatic rings. The summed E-state index contributed by atoms with van der Waals surface area (Å²) >= 11 is 1.28. The van der Waals surface area contributed by atoms with E-state index in [0.29, 0.717) is 22.3 Å². The summed E-state index contributed by atoms with van der Waals surface area (Å²) in [5.41, 5.74) is 2.58. The quantitative estimate of drug-likeness (QED) is 0.336. The molecule has 0 N–H and O–H groups in total. The molecule has 34 heavy (non-hydrogen) atoms. The molecule has 0 aliphatic carbocycles. The van der Waals surface area contributed by atoms with E-state index in [0.717, 1.165) is 6.42 Å². The highest BCUT2D eigenvalue weighted by molar-refractivity contribution is 7.14. The average molecular weight is 475 g/mol. The van der Waals surface area contributed by atoms with Crippen LogP contribution < -0.4 is 4.90 Å². The molecule has 3 aromatic heterocycles. The molecule has 4 aromatic rings. The van der Waals surface area contributed by atoms with Gasteiger partial charge in [-0.05, 0) is 43.2 Å². The number of aryl methyl sites for hydroxylation is 2. The Balaban J connectivity index is 1.51. The molecule has 0 atom stereocenters. The lowest BCUT2D eigenvalue weighted by atomic mass is 10.1. The third kappa shape index (κ3) is 4.49. The number of rotatable bonds is 7. The van der Waals surface area contributed by atoms with E-state index >= 15 is 0 Å². The Morgan fingerprint density at radius 3 is 2.56 bits per heavy atom. The van der Waals surface area contributed by atoms with Crippen LogP contribution in [0.3, 0.4) is 0 Å². The summed E-state index contributed by atoms with van der Waals surface area (Å²) in [4.78, 5) is 31.1. The van der Waals surface area contributed by atoms with Crippen LogP contribution in [-0.4, -0.2) is 21.4 Å². The van der Waals surface area contributed by atoms with E-state index in [1.54, 1.807) is 41.4 Å². The minimum Gasteiger partial charge on any atom is -0.455 e. The van der Waals surface area contributed by atoms with Crippen molar-refractivity contribution in [1.29, 1.82) is 5.26 Å². The fraction of sp³-hybridized carbons (Fsp3) is 0.200. The first kappa shape index (κ1) is 23.0. The van der Waals surface area contributed by atoms with E-state index in [-0.39, 0.29) is 29.5 Å². The molecule has 4 rings (SSSR count). The number of hydrogen-bond acceptors (Lipinski definition) is 7. The van der Waals surface area contributed by atoms with Gasteiger partial charge in [0.25, 0.3) is 0 Å². The minimum absolute atomic E-state index is 0.0861. The van der Waals surface area contributed by atoms with Gasteiger partial charge in [0.2, 0.25) is 11.8 Å². The van der Waals surface area contributed by atoms with Crippen molar-refractivity contribution in [2.45, 2.75) is 33.8 Å². The second kappa shape index (κ2) is 9.77. The zero-order chi connectivity index (χ0) is 24.2. The van der Waals surface area contributed by atoms with Gasteiger partial charge in [0.1, 0.15) is 29.6 Å². The fourth-order valence-electron chi connectivity index (χ4n) is 3.52. The van der Waals surface area contributed by atoms with E-state index in [4.69, 9.17) is 9.15 Å². The number of furan rings is 1. The molecule has 3 heterocycles. The number of nitrogens with zero attached hydrogens (tertiary/aromatic N) is 4. The third-order valence-corrected chi connectivity index (χ3v) is 6.09. The number of thiazole rings is 1. The number of benzene rings is 1. The topological polar surface area (TPSA) is 101 Å². The Morgan fingerprint density at radius 1 is 1.24 bits per heavy atom. The maximum absolute atomic E-state index is 12.8. The van der Waals surface area contributed by atoms with Gasteiger partial charge in [0.15, 0.2) is 5.13 Å². The van der Waals surface area contributed by atoms with Crippen LogP contribution in [0.5, 0.6) is 0 Å². The lowest BCUT2D eigenvalue weighted by molar-refractivity contribution is -0.115. The highest BCUT2D eigenvalue weighted by Gasteiger charge is 2.26. The summed E-state index contributed by atoms with van der Waals surface area (Å²) in [6.45, 7) is 5.05. The number of ether oxygens (including phenoxy) is 1. The van der Waals surface area contributed by atoms with Gasteiger partial charge >= 0.3 is 5.97 Å². The van der Waals surface area contributed by atoms with Crippen molar-refractivity contribution >= 4 is 34.0 Å². The summed E-state index contributed by atoms with van der Waals surface area (Å²) in [7, 11) is 0. The van der Waals surface area contributed by atoms with Crippen molar-refractivity contribution in [3.63, 3.8) is 0 Å². The highest BCUT2D eigenvalue weighted by Crippen LogP contribution is 2.30. The van der Waals surface area contributed by atoms with Crippen LogP contribution in [0.15, 0.2) is 58.6 Å². The lowest BCUT2D eigenvalue weighted by Gasteiger charge is -2.18. The molecule has 8 nitrogen and oxygen atoms in total. The largest absolute Gasteiger partial charge is 0.455 e. The number of nitriles is 1. The first-order chi connectivity index (χ1) is 16.4. The van der Waals surface area contributed by atoms with Crippen molar-refractivity contribution in [1.82, 2.24) is 9.55 Å². The van der Waals surface area contributed by atoms with Gasteiger partial charge in [-0.15, -0.1) is 11.3 Å². The molecule has 1 aromatic carbocycles. The Labute approximate surface area is 200 Å². The smallest absolute Gasteiger partial charge is 0.343 e. The van der Waals surface area contributed by atoms with Gasteiger partial charge in [-0.25, -0.2) is 9.78 Å². The molecule has 0 bridgehead atoms. The van der Waals surface area contributed by atoms with Gasteiger partial charge in [-0.1, -0.05) is 19.1 Å². The maximum Gasteiger partial charge on any atom is 0.343 e. The van der Waals surface area contributed by atoms with Crippen LogP contribution in [0.4, 0.5) is 10.8 Å². The Morgan fingerprint density at radius 2 is 1.94 bits per heavy atom. The Hall–Kier alpha value is -4.16. The van der Waals surface area contributed by atoms with Crippen molar-refractivity contribution in [2.75, 3.05) is 4.90 Å². The highest BCUT2D eigenvalue weighted by atomic mass is 32.1. The standard InChI is InChI=1S/C25H22N4O4S/c1-4-18-7-9-20(10-8-18)29(17(3)30)25-27-19(15-34-25)14-32-24(31)22-16(2)33-23(21(22)13-26)28-11-5-6-12-28/h5-12,15H,4,14H2,1-3H3. The summed E-state index contributed by atoms with van der Waals surface area (Å²) in [6.07, 6.45) is 4.35. The molecule has 9 heteroatoms. The molecule has 0 unspecified atom stereocenters. The number of esters is 1.